The number of benzene rings is 1. The van der Waals surface area contributed by atoms with Crippen LogP contribution in [-0.2, 0) is 16.1 Å². The average Bonchev–Trinajstić information content (AvgIpc) is 3.06. The molecule has 4 atom stereocenters. The Morgan fingerprint density at radius 3 is 2.52 bits per heavy atom. The number of nitrogens with one attached hydrogen (secondary N) is 1. The number of carbonyl (C=O) groups excluding carboxylic acids is 2. The molecule has 0 spiro atoms. The normalized spacial score (nSPS) is 29.6. The molecular weight excluding hydrogens is 273 g/mol. The minimum absolute atomic E-state index is 0.0569. The Labute approximate surface area is 121 Å². The van der Waals surface area contributed by atoms with Crippen LogP contribution in [-0.4, -0.2) is 11.9 Å². The number of carbonyl (C=O) groups is 2. The third-order valence-electron chi connectivity index (χ3n) is 4.45. The fourth-order valence-corrected chi connectivity index (χ4v) is 3.44. The first-order chi connectivity index (χ1) is 10.1. The SMILES string of the molecule is O=C(NCc1ccccc1F)[C@@H]1[C@@H](C(=O)[O-])[C@H]2C=C[C@@H]1C2. The van der Waals surface area contributed by atoms with Gasteiger partial charge in [-0.2, -0.15) is 0 Å². The molecule has 1 aromatic rings. The molecule has 0 saturated heterocycles. The van der Waals surface area contributed by atoms with Crippen LogP contribution < -0.4 is 10.4 Å². The van der Waals surface area contributed by atoms with Gasteiger partial charge >= 0.3 is 0 Å². The van der Waals surface area contributed by atoms with E-state index < -0.39 is 17.8 Å². The second kappa shape index (κ2) is 5.31. The van der Waals surface area contributed by atoms with E-state index in [4.69, 9.17) is 0 Å². The molecule has 1 aromatic carbocycles. The zero-order chi connectivity index (χ0) is 15.0. The molecule has 110 valence electrons. The number of carboxylic acid groups (broad SMARTS) is 1. The maximum Gasteiger partial charge on any atom is 0.224 e. The van der Waals surface area contributed by atoms with Gasteiger partial charge in [0.25, 0.3) is 0 Å². The van der Waals surface area contributed by atoms with Crippen molar-refractivity contribution < 1.29 is 19.1 Å². The highest BCUT2D eigenvalue weighted by Gasteiger charge is 2.48. The molecule has 0 heterocycles. The number of fused-ring (bicyclic) bond motifs is 2. The molecule has 5 heteroatoms. The number of aliphatic carboxylic acids is 1. The van der Waals surface area contributed by atoms with Crippen molar-refractivity contribution in [3.63, 3.8) is 0 Å². The van der Waals surface area contributed by atoms with E-state index in [1.54, 1.807) is 18.2 Å². The molecule has 0 aliphatic heterocycles. The predicted molar refractivity (Wildman–Crippen MR) is 71.0 cm³/mol. The van der Waals surface area contributed by atoms with Crippen molar-refractivity contribution in [2.24, 2.45) is 23.7 Å². The van der Waals surface area contributed by atoms with E-state index in [9.17, 15) is 19.1 Å². The van der Waals surface area contributed by atoms with Crippen LogP contribution in [0.5, 0.6) is 0 Å². The van der Waals surface area contributed by atoms with Gasteiger partial charge in [0, 0.05) is 24.0 Å². The van der Waals surface area contributed by atoms with Crippen LogP contribution in [0.3, 0.4) is 0 Å². The van der Waals surface area contributed by atoms with Crippen molar-refractivity contribution in [1.29, 1.82) is 0 Å². The highest BCUT2D eigenvalue weighted by atomic mass is 19.1. The van der Waals surface area contributed by atoms with Crippen LogP contribution in [0.4, 0.5) is 4.39 Å². The summed E-state index contributed by atoms with van der Waals surface area (Å²) in [5.74, 6) is -3.48. The van der Waals surface area contributed by atoms with Gasteiger partial charge in [0.2, 0.25) is 5.91 Å². The third kappa shape index (κ3) is 2.44. The van der Waals surface area contributed by atoms with Crippen LogP contribution in [0.2, 0.25) is 0 Å². The molecule has 1 amide bonds. The maximum absolute atomic E-state index is 13.5. The molecule has 1 N–H and O–H groups in total. The summed E-state index contributed by atoms with van der Waals surface area (Å²) in [5.41, 5.74) is 0.384. The van der Waals surface area contributed by atoms with Gasteiger partial charge in [0.05, 0.1) is 5.92 Å². The molecule has 2 aliphatic rings. The second-order valence-corrected chi connectivity index (χ2v) is 5.63. The van der Waals surface area contributed by atoms with Crippen LogP contribution in [0, 0.1) is 29.5 Å². The zero-order valence-electron chi connectivity index (χ0n) is 11.3. The third-order valence-corrected chi connectivity index (χ3v) is 4.45. The zero-order valence-corrected chi connectivity index (χ0v) is 11.3. The van der Waals surface area contributed by atoms with Crippen molar-refractivity contribution in [1.82, 2.24) is 5.32 Å². The number of hydrogen-bond acceptors (Lipinski definition) is 3. The summed E-state index contributed by atoms with van der Waals surface area (Å²) < 4.78 is 13.5. The van der Waals surface area contributed by atoms with E-state index in [0.29, 0.717) is 12.0 Å². The van der Waals surface area contributed by atoms with E-state index >= 15 is 0 Å². The molecule has 3 rings (SSSR count). The lowest BCUT2D eigenvalue weighted by Gasteiger charge is -2.27. The van der Waals surface area contributed by atoms with Crippen LogP contribution in [0.25, 0.3) is 0 Å². The maximum atomic E-state index is 13.5. The Balaban J connectivity index is 1.69. The lowest BCUT2D eigenvalue weighted by Crippen LogP contribution is -2.44. The summed E-state index contributed by atoms with van der Waals surface area (Å²) in [4.78, 5) is 23.5. The van der Waals surface area contributed by atoms with Gasteiger partial charge in [-0.25, -0.2) is 4.39 Å². The van der Waals surface area contributed by atoms with Crippen LogP contribution in [0.15, 0.2) is 36.4 Å². The first kappa shape index (κ1) is 13.8. The van der Waals surface area contributed by atoms with Gasteiger partial charge in [-0.1, -0.05) is 30.4 Å². The van der Waals surface area contributed by atoms with E-state index in [-0.39, 0.29) is 30.1 Å². The van der Waals surface area contributed by atoms with E-state index in [1.807, 2.05) is 12.2 Å². The molecule has 21 heavy (non-hydrogen) atoms. The van der Waals surface area contributed by atoms with Crippen molar-refractivity contribution in [2.75, 3.05) is 0 Å². The van der Waals surface area contributed by atoms with E-state index in [0.717, 1.165) is 0 Å². The molecule has 1 saturated carbocycles. The van der Waals surface area contributed by atoms with E-state index in [2.05, 4.69) is 5.32 Å². The van der Waals surface area contributed by atoms with E-state index in [1.165, 1.54) is 6.07 Å². The van der Waals surface area contributed by atoms with Crippen molar-refractivity contribution in [3.8, 4) is 0 Å². The Morgan fingerprint density at radius 2 is 1.86 bits per heavy atom. The van der Waals surface area contributed by atoms with Gasteiger partial charge in [-0.15, -0.1) is 0 Å². The first-order valence-electron chi connectivity index (χ1n) is 6.98. The molecule has 4 nitrogen and oxygen atoms in total. The number of rotatable bonds is 4. The van der Waals surface area contributed by atoms with Crippen molar-refractivity contribution in [2.45, 2.75) is 13.0 Å². The van der Waals surface area contributed by atoms with Gasteiger partial charge in [0.15, 0.2) is 0 Å². The molecule has 1 fully saturated rings. The molecule has 2 aliphatic carbocycles. The van der Waals surface area contributed by atoms with Gasteiger partial charge in [-0.05, 0) is 24.3 Å². The standard InChI is InChI=1S/C16H16FNO3/c17-12-4-2-1-3-11(12)8-18-15(19)13-9-5-6-10(7-9)14(13)16(20)21/h1-6,9-10,13-14H,7-8H2,(H,18,19)(H,20,21)/p-1/t9-,10+,13+,14+/m1/s1. The minimum atomic E-state index is -1.18. The largest absolute Gasteiger partial charge is 0.550 e. The highest BCUT2D eigenvalue weighted by Crippen LogP contribution is 2.47. The summed E-state index contributed by atoms with van der Waals surface area (Å²) in [6, 6.07) is 6.18. The molecule has 2 bridgehead atoms. The summed E-state index contributed by atoms with van der Waals surface area (Å²) >= 11 is 0. The number of hydrogen-bond donors (Lipinski definition) is 1. The molecule has 0 radical (unpaired) electrons. The van der Waals surface area contributed by atoms with Gasteiger partial charge < -0.3 is 15.2 Å². The highest BCUT2D eigenvalue weighted by molar-refractivity contribution is 5.86. The topological polar surface area (TPSA) is 69.2 Å². The Kier molecular flexibility index (Phi) is 3.49. The number of carboxylic acids is 1. The predicted octanol–water partition coefficient (Wildman–Crippen LogP) is 0.630. The summed E-state index contributed by atoms with van der Waals surface area (Å²) in [7, 11) is 0. The molecule has 0 aromatic heterocycles. The fraction of sp³-hybridized carbons (Fsp3) is 0.375. The van der Waals surface area contributed by atoms with Gasteiger partial charge in [0.1, 0.15) is 5.82 Å². The molecular formula is C16H15FNO3-. The smallest absolute Gasteiger partial charge is 0.224 e. The minimum Gasteiger partial charge on any atom is -0.550 e. The quantitative estimate of drug-likeness (QED) is 0.826. The Bertz CT molecular complexity index is 613. The lowest BCUT2D eigenvalue weighted by atomic mass is 9.82. The fourth-order valence-electron chi connectivity index (χ4n) is 3.44. The molecule has 0 unspecified atom stereocenters. The number of amides is 1. The van der Waals surface area contributed by atoms with Crippen LogP contribution in [0.1, 0.15) is 12.0 Å². The monoisotopic (exact) mass is 288 g/mol. The lowest BCUT2D eigenvalue weighted by molar-refractivity contribution is -0.313. The van der Waals surface area contributed by atoms with Crippen molar-refractivity contribution in [3.05, 3.63) is 47.8 Å². The summed E-state index contributed by atoms with van der Waals surface area (Å²) in [6.07, 6.45) is 4.43. The van der Waals surface area contributed by atoms with Gasteiger partial charge in [-0.3, -0.25) is 4.79 Å². The van der Waals surface area contributed by atoms with Crippen molar-refractivity contribution >= 4 is 11.9 Å². The Morgan fingerprint density at radius 1 is 1.19 bits per heavy atom. The summed E-state index contributed by atoms with van der Waals surface area (Å²) in [6.45, 7) is 0.0584. The number of halogens is 1. The summed E-state index contributed by atoms with van der Waals surface area (Å²) in [5, 5.41) is 13.9. The second-order valence-electron chi connectivity index (χ2n) is 5.63. The average molecular weight is 288 g/mol. The number of allylic oxidation sites excluding steroid dienone is 2. The Hall–Kier alpha value is -2.17. The first-order valence-corrected chi connectivity index (χ1v) is 6.98. The van der Waals surface area contributed by atoms with Crippen LogP contribution >= 0.6 is 0 Å².